The van der Waals surface area contributed by atoms with Crippen LogP contribution in [-0.2, 0) is 4.79 Å². The average Bonchev–Trinajstić information content (AvgIpc) is 2.25. The van der Waals surface area contributed by atoms with Gasteiger partial charge in [-0.05, 0) is 6.07 Å². The van der Waals surface area contributed by atoms with E-state index in [4.69, 9.17) is 5.73 Å². The molecule has 0 radical (unpaired) electrons. The first kappa shape index (κ1) is 12.6. The topological polar surface area (TPSA) is 115 Å². The van der Waals surface area contributed by atoms with E-state index in [0.717, 1.165) is 12.1 Å². The second-order valence-electron chi connectivity index (χ2n) is 3.07. The highest BCUT2D eigenvalue weighted by molar-refractivity contribution is 5.96. The van der Waals surface area contributed by atoms with Gasteiger partial charge in [0, 0.05) is 6.07 Å². The number of nitro groups is 1. The molecule has 17 heavy (non-hydrogen) atoms. The normalized spacial score (nSPS) is 9.71. The summed E-state index contributed by atoms with van der Waals surface area (Å²) < 4.78 is 13.3. The molecule has 1 aromatic carbocycles. The minimum absolute atomic E-state index is 0.392. The van der Waals surface area contributed by atoms with Gasteiger partial charge in [0.2, 0.25) is 5.91 Å². The summed E-state index contributed by atoms with van der Waals surface area (Å²) in [6, 6.07) is 2.57. The van der Waals surface area contributed by atoms with Crippen molar-refractivity contribution in [3.63, 3.8) is 0 Å². The highest BCUT2D eigenvalue weighted by Crippen LogP contribution is 2.16. The van der Waals surface area contributed by atoms with E-state index in [1.807, 2.05) is 0 Å². The average molecular weight is 241 g/mol. The fourth-order valence-corrected chi connectivity index (χ4v) is 1.06. The summed E-state index contributed by atoms with van der Waals surface area (Å²) in [6.45, 7) is -0.435. The number of nitrogens with two attached hydrogens (primary N) is 1. The molecule has 0 unspecified atom stereocenters. The van der Waals surface area contributed by atoms with Gasteiger partial charge >= 0.3 is 0 Å². The van der Waals surface area contributed by atoms with Gasteiger partial charge in [-0.1, -0.05) is 0 Å². The van der Waals surface area contributed by atoms with E-state index < -0.39 is 40.4 Å². The molecule has 0 atom stereocenters. The van der Waals surface area contributed by atoms with Crippen LogP contribution in [0.15, 0.2) is 18.2 Å². The standard InChI is InChI=1S/C9H8FN3O4/c10-7-3-5(13(16)17)1-2-6(7)9(15)12-4-8(11)14/h1-3H,4H2,(H2,11,14)(H,12,15). The van der Waals surface area contributed by atoms with E-state index >= 15 is 0 Å². The number of nitro benzene ring substituents is 1. The smallest absolute Gasteiger partial charge is 0.272 e. The van der Waals surface area contributed by atoms with E-state index in [2.05, 4.69) is 5.32 Å². The summed E-state index contributed by atoms with van der Waals surface area (Å²) in [7, 11) is 0. The van der Waals surface area contributed by atoms with Crippen LogP contribution in [0.25, 0.3) is 0 Å². The predicted octanol–water partition coefficient (Wildman–Crippen LogP) is -0.0510. The molecular formula is C9H8FN3O4. The number of non-ortho nitro benzene ring substituents is 1. The van der Waals surface area contributed by atoms with Gasteiger partial charge in [0.25, 0.3) is 11.6 Å². The fraction of sp³-hybridized carbons (Fsp3) is 0.111. The molecule has 8 heteroatoms. The van der Waals surface area contributed by atoms with Crippen LogP contribution in [-0.4, -0.2) is 23.3 Å². The third-order valence-corrected chi connectivity index (χ3v) is 1.83. The number of nitrogens with zero attached hydrogens (tertiary/aromatic N) is 1. The first-order chi connectivity index (χ1) is 7.91. The molecule has 0 heterocycles. The summed E-state index contributed by atoms with van der Waals surface area (Å²) in [5, 5.41) is 12.4. The van der Waals surface area contributed by atoms with E-state index in [9.17, 15) is 24.1 Å². The third kappa shape index (κ3) is 3.23. The van der Waals surface area contributed by atoms with Gasteiger partial charge in [-0.25, -0.2) is 4.39 Å². The van der Waals surface area contributed by atoms with Crippen molar-refractivity contribution in [3.8, 4) is 0 Å². The Morgan fingerprint density at radius 3 is 2.59 bits per heavy atom. The molecule has 1 aromatic rings. The Hall–Kier alpha value is -2.51. The van der Waals surface area contributed by atoms with Crippen LogP contribution in [0.2, 0.25) is 0 Å². The van der Waals surface area contributed by atoms with Crippen LogP contribution in [0.4, 0.5) is 10.1 Å². The molecular weight excluding hydrogens is 233 g/mol. The van der Waals surface area contributed by atoms with Crippen LogP contribution in [0.5, 0.6) is 0 Å². The van der Waals surface area contributed by atoms with Gasteiger partial charge in [0.1, 0.15) is 5.82 Å². The van der Waals surface area contributed by atoms with Crippen molar-refractivity contribution < 1.29 is 18.9 Å². The molecule has 0 saturated carbocycles. The van der Waals surface area contributed by atoms with E-state index in [-0.39, 0.29) is 0 Å². The number of rotatable bonds is 4. The summed E-state index contributed by atoms with van der Waals surface area (Å²) in [6.07, 6.45) is 0. The number of benzene rings is 1. The number of halogens is 1. The Morgan fingerprint density at radius 2 is 2.12 bits per heavy atom. The maximum absolute atomic E-state index is 13.3. The minimum Gasteiger partial charge on any atom is -0.368 e. The predicted molar refractivity (Wildman–Crippen MR) is 54.6 cm³/mol. The largest absolute Gasteiger partial charge is 0.368 e. The lowest BCUT2D eigenvalue weighted by molar-refractivity contribution is -0.385. The molecule has 0 aliphatic heterocycles. The molecule has 0 bridgehead atoms. The maximum atomic E-state index is 13.3. The molecule has 90 valence electrons. The van der Waals surface area contributed by atoms with Crippen molar-refractivity contribution in [1.29, 1.82) is 0 Å². The van der Waals surface area contributed by atoms with Gasteiger partial charge < -0.3 is 11.1 Å². The molecule has 7 nitrogen and oxygen atoms in total. The SMILES string of the molecule is NC(=O)CNC(=O)c1ccc([N+](=O)[O-])cc1F. The molecule has 0 fully saturated rings. The number of primary amides is 1. The summed E-state index contributed by atoms with van der Waals surface area (Å²) in [5.74, 6) is -2.68. The van der Waals surface area contributed by atoms with Crippen LogP contribution in [0, 0.1) is 15.9 Å². The van der Waals surface area contributed by atoms with E-state index in [1.54, 1.807) is 0 Å². The monoisotopic (exact) mass is 241 g/mol. The van der Waals surface area contributed by atoms with Gasteiger partial charge in [0.15, 0.2) is 0 Å². The molecule has 0 aromatic heterocycles. The Kier molecular flexibility index (Phi) is 3.70. The second-order valence-corrected chi connectivity index (χ2v) is 3.07. The lowest BCUT2D eigenvalue weighted by Crippen LogP contribution is -2.33. The van der Waals surface area contributed by atoms with Gasteiger partial charge in [-0.2, -0.15) is 0 Å². The Bertz CT molecular complexity index is 489. The number of amides is 2. The third-order valence-electron chi connectivity index (χ3n) is 1.83. The summed E-state index contributed by atoms with van der Waals surface area (Å²) >= 11 is 0. The number of carbonyl (C=O) groups excluding carboxylic acids is 2. The van der Waals surface area contributed by atoms with Crippen LogP contribution in [0.3, 0.4) is 0 Å². The molecule has 0 aliphatic rings. The zero-order valence-corrected chi connectivity index (χ0v) is 8.47. The van der Waals surface area contributed by atoms with Crippen LogP contribution in [0.1, 0.15) is 10.4 Å². The lowest BCUT2D eigenvalue weighted by Gasteiger charge is -2.03. The minimum atomic E-state index is -1.04. The number of hydrogen-bond donors (Lipinski definition) is 2. The van der Waals surface area contributed by atoms with Crippen molar-refractivity contribution in [3.05, 3.63) is 39.7 Å². The first-order valence-electron chi connectivity index (χ1n) is 4.42. The fourth-order valence-electron chi connectivity index (χ4n) is 1.06. The Labute approximate surface area is 94.6 Å². The molecule has 0 spiro atoms. The van der Waals surface area contributed by atoms with E-state index in [1.165, 1.54) is 0 Å². The van der Waals surface area contributed by atoms with Crippen molar-refractivity contribution >= 4 is 17.5 Å². The number of carbonyl (C=O) groups is 2. The van der Waals surface area contributed by atoms with Crippen molar-refractivity contribution in [2.45, 2.75) is 0 Å². The van der Waals surface area contributed by atoms with Crippen molar-refractivity contribution in [2.75, 3.05) is 6.54 Å². The zero-order chi connectivity index (χ0) is 13.0. The molecule has 2 amide bonds. The van der Waals surface area contributed by atoms with Gasteiger partial charge in [-0.3, -0.25) is 19.7 Å². The van der Waals surface area contributed by atoms with E-state index in [0.29, 0.717) is 6.07 Å². The molecule has 0 aliphatic carbocycles. The summed E-state index contributed by atoms with van der Waals surface area (Å²) in [4.78, 5) is 31.3. The van der Waals surface area contributed by atoms with Crippen molar-refractivity contribution in [2.24, 2.45) is 5.73 Å². The summed E-state index contributed by atoms with van der Waals surface area (Å²) in [5.41, 5.74) is 3.93. The number of hydrogen-bond acceptors (Lipinski definition) is 4. The number of nitrogens with one attached hydrogen (secondary N) is 1. The van der Waals surface area contributed by atoms with Gasteiger partial charge in [0.05, 0.1) is 23.1 Å². The first-order valence-corrected chi connectivity index (χ1v) is 4.42. The van der Waals surface area contributed by atoms with Gasteiger partial charge in [-0.15, -0.1) is 0 Å². The quantitative estimate of drug-likeness (QED) is 0.567. The zero-order valence-electron chi connectivity index (χ0n) is 8.47. The Balaban J connectivity index is 2.88. The molecule has 3 N–H and O–H groups in total. The molecule has 0 saturated heterocycles. The second kappa shape index (κ2) is 5.01. The highest BCUT2D eigenvalue weighted by Gasteiger charge is 2.16. The van der Waals surface area contributed by atoms with Crippen molar-refractivity contribution in [1.82, 2.24) is 5.32 Å². The lowest BCUT2D eigenvalue weighted by atomic mass is 10.2. The highest BCUT2D eigenvalue weighted by atomic mass is 19.1. The van der Waals surface area contributed by atoms with Crippen LogP contribution >= 0.6 is 0 Å². The Morgan fingerprint density at radius 1 is 1.47 bits per heavy atom. The molecule has 1 rings (SSSR count). The maximum Gasteiger partial charge on any atom is 0.272 e. The van der Waals surface area contributed by atoms with Crippen LogP contribution < -0.4 is 11.1 Å².